The Hall–Kier alpha value is -1.46. The maximum absolute atomic E-state index is 12.0. The minimum Gasteiger partial charge on any atom is -0.463 e. The summed E-state index contributed by atoms with van der Waals surface area (Å²) in [5, 5.41) is 0. The van der Waals surface area contributed by atoms with Gasteiger partial charge in [0.1, 0.15) is 13.2 Å². The van der Waals surface area contributed by atoms with Crippen LogP contribution in [0, 0.1) is 5.92 Å². The van der Waals surface area contributed by atoms with Crippen LogP contribution < -0.4 is 0 Å². The second-order valence-electron chi connectivity index (χ2n) is 15.5. The SMILES string of the molecule is CCCCCCCCCCCCCCCCCC(=O)OCCOCCOCCOCCOCCOCCOCCOCCOCCOCCOCCOC(=O)C(CC)CCCC. The lowest BCUT2D eigenvalue weighted by Crippen LogP contribution is -2.20. The Kier molecular flexibility index (Phi) is 52.6. The zero-order chi connectivity index (χ0) is 44.9. The summed E-state index contributed by atoms with van der Waals surface area (Å²) in [6.07, 6.45) is 24.0. The average molecular weight is 895 g/mol. The first-order valence-corrected chi connectivity index (χ1v) is 24.7. The Bertz CT molecular complexity index is 883. The molecule has 0 amide bonds. The molecule has 0 aliphatic rings. The summed E-state index contributed by atoms with van der Waals surface area (Å²) in [7, 11) is 0. The third kappa shape index (κ3) is 49.6. The molecule has 0 aromatic heterocycles. The molecule has 0 aliphatic carbocycles. The van der Waals surface area contributed by atoms with Crippen molar-refractivity contribution >= 4 is 11.9 Å². The predicted octanol–water partition coefficient (Wildman–Crippen LogP) is 8.72. The molecule has 14 heteroatoms. The predicted molar refractivity (Wildman–Crippen MR) is 243 cm³/mol. The number of ether oxygens (including phenoxy) is 12. The highest BCUT2D eigenvalue weighted by molar-refractivity contribution is 5.72. The van der Waals surface area contributed by atoms with Crippen LogP contribution in [0.1, 0.15) is 149 Å². The van der Waals surface area contributed by atoms with Crippen molar-refractivity contribution in [3.8, 4) is 0 Å². The third-order valence-corrected chi connectivity index (χ3v) is 10.0. The fourth-order valence-electron chi connectivity index (χ4n) is 6.27. The smallest absolute Gasteiger partial charge is 0.308 e. The van der Waals surface area contributed by atoms with Gasteiger partial charge in [0.2, 0.25) is 0 Å². The lowest BCUT2D eigenvalue weighted by Gasteiger charge is -2.13. The molecule has 0 N–H and O–H groups in total. The highest BCUT2D eigenvalue weighted by Gasteiger charge is 2.17. The van der Waals surface area contributed by atoms with E-state index < -0.39 is 0 Å². The molecule has 0 fully saturated rings. The van der Waals surface area contributed by atoms with Gasteiger partial charge in [-0.1, -0.05) is 124 Å². The highest BCUT2D eigenvalue weighted by Crippen LogP contribution is 2.15. The van der Waals surface area contributed by atoms with Gasteiger partial charge < -0.3 is 56.8 Å². The van der Waals surface area contributed by atoms with Crippen molar-refractivity contribution in [1.29, 1.82) is 0 Å². The van der Waals surface area contributed by atoms with Crippen LogP contribution in [0.5, 0.6) is 0 Å². The van der Waals surface area contributed by atoms with Crippen LogP contribution in [0.25, 0.3) is 0 Å². The molecule has 0 aromatic carbocycles. The topological polar surface area (TPSA) is 145 Å². The number of esters is 2. The fraction of sp³-hybridized carbons (Fsp3) is 0.958. The quantitative estimate of drug-likeness (QED) is 0.0424. The molecule has 0 heterocycles. The van der Waals surface area contributed by atoms with Gasteiger partial charge >= 0.3 is 11.9 Å². The van der Waals surface area contributed by atoms with E-state index in [1.165, 1.54) is 83.5 Å². The van der Waals surface area contributed by atoms with E-state index in [2.05, 4.69) is 13.8 Å². The van der Waals surface area contributed by atoms with Crippen LogP contribution in [0.2, 0.25) is 0 Å². The first-order valence-electron chi connectivity index (χ1n) is 24.7. The Morgan fingerprint density at radius 1 is 0.306 bits per heavy atom. The molecule has 1 unspecified atom stereocenters. The summed E-state index contributed by atoms with van der Waals surface area (Å²) in [6, 6.07) is 0. The Morgan fingerprint density at radius 3 is 0.855 bits per heavy atom. The maximum atomic E-state index is 12.0. The molecular weight excluding hydrogens is 801 g/mol. The molecule has 1 atom stereocenters. The number of hydrogen-bond donors (Lipinski definition) is 0. The van der Waals surface area contributed by atoms with Crippen molar-refractivity contribution in [1.82, 2.24) is 0 Å². The number of unbranched alkanes of at least 4 members (excludes halogenated alkanes) is 15. The van der Waals surface area contributed by atoms with Gasteiger partial charge in [0.05, 0.1) is 138 Å². The fourth-order valence-corrected chi connectivity index (χ4v) is 6.27. The molecule has 0 aromatic rings. The maximum Gasteiger partial charge on any atom is 0.308 e. The van der Waals surface area contributed by atoms with Gasteiger partial charge in [0.15, 0.2) is 0 Å². The van der Waals surface area contributed by atoms with Crippen molar-refractivity contribution in [2.75, 3.05) is 145 Å². The molecule has 0 spiro atoms. The van der Waals surface area contributed by atoms with Crippen LogP contribution >= 0.6 is 0 Å². The molecule has 0 aliphatic heterocycles. The van der Waals surface area contributed by atoms with Gasteiger partial charge in [0.25, 0.3) is 0 Å². The summed E-state index contributed by atoms with van der Waals surface area (Å²) < 4.78 is 65.6. The van der Waals surface area contributed by atoms with Crippen molar-refractivity contribution in [2.45, 2.75) is 149 Å². The molecule has 370 valence electrons. The molecule has 0 bridgehead atoms. The monoisotopic (exact) mass is 895 g/mol. The third-order valence-electron chi connectivity index (χ3n) is 10.0. The van der Waals surface area contributed by atoms with Crippen LogP contribution in [-0.4, -0.2) is 157 Å². The lowest BCUT2D eigenvalue weighted by molar-refractivity contribution is -0.150. The Balaban J connectivity index is 3.18. The summed E-state index contributed by atoms with van der Waals surface area (Å²) in [4.78, 5) is 24.0. The van der Waals surface area contributed by atoms with Crippen molar-refractivity contribution < 1.29 is 66.4 Å². The van der Waals surface area contributed by atoms with Gasteiger partial charge in [-0.2, -0.15) is 0 Å². The molecule has 0 radical (unpaired) electrons. The molecule has 14 nitrogen and oxygen atoms in total. The van der Waals surface area contributed by atoms with E-state index in [-0.39, 0.29) is 31.1 Å². The summed E-state index contributed by atoms with van der Waals surface area (Å²) in [6.45, 7) is 16.4. The lowest BCUT2D eigenvalue weighted by atomic mass is 10.00. The standard InChI is InChI=1S/C48H94O14/c1-4-7-9-10-11-12-13-14-15-16-17-18-19-20-21-23-47(49)61-44-42-59-40-38-57-36-34-55-32-30-53-28-26-51-24-25-52-27-29-54-31-33-56-35-37-58-39-41-60-43-45-62-48(50)46(6-3)22-8-5-2/h46H,4-45H2,1-3H3. The molecule has 62 heavy (non-hydrogen) atoms. The van der Waals surface area contributed by atoms with Gasteiger partial charge in [-0.3, -0.25) is 9.59 Å². The Labute approximate surface area is 378 Å². The largest absolute Gasteiger partial charge is 0.463 e. The summed E-state index contributed by atoms with van der Waals surface area (Å²) >= 11 is 0. The second-order valence-corrected chi connectivity index (χ2v) is 15.5. The van der Waals surface area contributed by atoms with Gasteiger partial charge in [-0.15, -0.1) is 0 Å². The molecule has 0 rings (SSSR count). The van der Waals surface area contributed by atoms with Crippen molar-refractivity contribution in [2.24, 2.45) is 5.92 Å². The first-order chi connectivity index (χ1) is 30.7. The van der Waals surface area contributed by atoms with Crippen LogP contribution in [0.4, 0.5) is 0 Å². The second kappa shape index (κ2) is 53.9. The van der Waals surface area contributed by atoms with Crippen LogP contribution in [-0.2, 0) is 66.4 Å². The number of carbonyl (C=O) groups is 2. The van der Waals surface area contributed by atoms with E-state index in [1.807, 2.05) is 6.92 Å². The summed E-state index contributed by atoms with van der Waals surface area (Å²) in [5.41, 5.74) is 0. The Morgan fingerprint density at radius 2 is 0.565 bits per heavy atom. The minimum atomic E-state index is -0.133. The average Bonchev–Trinajstić information content (AvgIpc) is 3.28. The number of hydrogen-bond acceptors (Lipinski definition) is 14. The van der Waals surface area contributed by atoms with Gasteiger partial charge in [-0.05, 0) is 19.3 Å². The van der Waals surface area contributed by atoms with E-state index in [9.17, 15) is 9.59 Å². The van der Waals surface area contributed by atoms with E-state index in [0.717, 1.165) is 38.5 Å². The van der Waals surface area contributed by atoms with Crippen LogP contribution in [0.15, 0.2) is 0 Å². The molecule has 0 saturated carbocycles. The zero-order valence-corrected chi connectivity index (χ0v) is 40.0. The van der Waals surface area contributed by atoms with Crippen LogP contribution in [0.3, 0.4) is 0 Å². The van der Waals surface area contributed by atoms with Crippen molar-refractivity contribution in [3.63, 3.8) is 0 Å². The number of rotatable bonds is 54. The zero-order valence-electron chi connectivity index (χ0n) is 40.0. The number of carbonyl (C=O) groups excluding carboxylic acids is 2. The van der Waals surface area contributed by atoms with Crippen molar-refractivity contribution in [3.05, 3.63) is 0 Å². The van der Waals surface area contributed by atoms with Gasteiger partial charge in [-0.25, -0.2) is 0 Å². The van der Waals surface area contributed by atoms with Gasteiger partial charge in [0, 0.05) is 6.42 Å². The summed E-state index contributed by atoms with van der Waals surface area (Å²) in [5.74, 6) is -0.262. The normalized spacial score (nSPS) is 12.0. The molecular formula is C48H94O14. The highest BCUT2D eigenvalue weighted by atomic mass is 16.6. The van der Waals surface area contributed by atoms with E-state index in [4.69, 9.17) is 56.8 Å². The van der Waals surface area contributed by atoms with E-state index in [1.54, 1.807) is 0 Å². The first kappa shape index (κ1) is 60.5. The van der Waals surface area contributed by atoms with E-state index >= 15 is 0 Å². The van der Waals surface area contributed by atoms with E-state index in [0.29, 0.717) is 139 Å². The minimum absolute atomic E-state index is 0.00739. The molecule has 0 saturated heterocycles.